The maximum Gasteiger partial charge on any atom is 0.259 e. The number of fused-ring (bicyclic) bond motifs is 2. The van der Waals surface area contributed by atoms with Gasteiger partial charge in [-0.15, -0.1) is 0 Å². The van der Waals surface area contributed by atoms with E-state index in [4.69, 9.17) is 0 Å². The standard InChI is InChI=1S/C32H37N3O2S/c1-22-12-13-23(2)26(19-22)21-35-28-20-25(31(36)33-16-8-18-34-17-7-6-9-24(34)3)14-15-30(28)38-29-11-5-4-10-27(29)32(35)37/h4-5,10-15,19-20,24H,6-9,16-18,21H2,1-3H3,(H,33,36)/t24-/m0/s1. The van der Waals surface area contributed by atoms with Crippen LogP contribution in [-0.2, 0) is 6.54 Å². The third-order valence-electron chi connectivity index (χ3n) is 7.78. The van der Waals surface area contributed by atoms with Gasteiger partial charge in [-0.05, 0) is 88.0 Å². The van der Waals surface area contributed by atoms with Gasteiger partial charge in [0.15, 0.2) is 0 Å². The third kappa shape index (κ3) is 5.82. The molecule has 0 aromatic heterocycles. The minimum absolute atomic E-state index is 0.0408. The number of benzene rings is 3. The van der Waals surface area contributed by atoms with Crippen LogP contribution in [0.2, 0.25) is 0 Å². The zero-order valence-corrected chi connectivity index (χ0v) is 23.4. The zero-order valence-electron chi connectivity index (χ0n) is 22.6. The Labute approximate surface area is 230 Å². The van der Waals surface area contributed by atoms with E-state index < -0.39 is 0 Å². The smallest absolute Gasteiger partial charge is 0.259 e. The Morgan fingerprint density at radius 3 is 2.71 bits per heavy atom. The number of hydrogen-bond donors (Lipinski definition) is 1. The van der Waals surface area contributed by atoms with Gasteiger partial charge in [0.25, 0.3) is 11.8 Å². The number of nitrogens with zero attached hydrogens (tertiary/aromatic N) is 2. The molecule has 1 saturated heterocycles. The summed E-state index contributed by atoms with van der Waals surface area (Å²) in [5.41, 5.74) is 5.47. The fourth-order valence-electron chi connectivity index (χ4n) is 5.44. The van der Waals surface area contributed by atoms with E-state index in [0.717, 1.165) is 51.7 Å². The minimum Gasteiger partial charge on any atom is -0.352 e. The van der Waals surface area contributed by atoms with E-state index in [1.165, 1.54) is 19.3 Å². The molecule has 2 aliphatic heterocycles. The van der Waals surface area contributed by atoms with Crippen LogP contribution in [0.1, 0.15) is 70.0 Å². The van der Waals surface area contributed by atoms with E-state index in [1.807, 2.05) is 47.4 Å². The first kappa shape index (κ1) is 26.5. The maximum atomic E-state index is 13.9. The van der Waals surface area contributed by atoms with Crippen LogP contribution in [0, 0.1) is 13.8 Å². The molecule has 38 heavy (non-hydrogen) atoms. The first-order valence-corrected chi connectivity index (χ1v) is 14.5. The number of hydrogen-bond acceptors (Lipinski definition) is 4. The molecule has 0 spiro atoms. The second-order valence-corrected chi connectivity index (χ2v) is 11.7. The summed E-state index contributed by atoms with van der Waals surface area (Å²) in [6.45, 7) is 9.71. The fourth-order valence-corrected chi connectivity index (χ4v) is 6.49. The molecule has 0 aliphatic carbocycles. The molecule has 6 heteroatoms. The second kappa shape index (κ2) is 11.7. The first-order chi connectivity index (χ1) is 18.4. The summed E-state index contributed by atoms with van der Waals surface area (Å²) < 4.78 is 0. The van der Waals surface area contributed by atoms with Crippen LogP contribution in [0.15, 0.2) is 70.5 Å². The number of carbonyl (C=O) groups excluding carboxylic acids is 2. The van der Waals surface area contributed by atoms with Crippen molar-refractivity contribution in [2.24, 2.45) is 0 Å². The molecule has 0 bridgehead atoms. The Balaban J connectivity index is 1.37. The quantitative estimate of drug-likeness (QED) is 0.351. The molecule has 198 valence electrons. The van der Waals surface area contributed by atoms with Gasteiger partial charge in [0.2, 0.25) is 0 Å². The summed E-state index contributed by atoms with van der Waals surface area (Å²) in [6.07, 6.45) is 4.79. The van der Waals surface area contributed by atoms with Crippen LogP contribution >= 0.6 is 11.8 Å². The zero-order chi connectivity index (χ0) is 26.6. The summed E-state index contributed by atoms with van der Waals surface area (Å²) >= 11 is 1.59. The molecule has 3 aromatic rings. The maximum absolute atomic E-state index is 13.9. The highest BCUT2D eigenvalue weighted by Crippen LogP contribution is 2.42. The predicted octanol–water partition coefficient (Wildman–Crippen LogP) is 6.61. The van der Waals surface area contributed by atoms with Gasteiger partial charge >= 0.3 is 0 Å². The molecule has 3 aromatic carbocycles. The van der Waals surface area contributed by atoms with Crippen LogP contribution in [0.4, 0.5) is 5.69 Å². The number of rotatable bonds is 7. The SMILES string of the molecule is Cc1ccc(C)c(CN2C(=O)c3ccccc3Sc3ccc(C(=O)NCCCN4CCCC[C@@H]4C)cc32)c1. The van der Waals surface area contributed by atoms with Gasteiger partial charge in [0.1, 0.15) is 0 Å². The molecule has 1 fully saturated rings. The lowest BCUT2D eigenvalue weighted by Gasteiger charge is -2.33. The number of anilines is 1. The van der Waals surface area contributed by atoms with Gasteiger partial charge in [0, 0.05) is 34.5 Å². The second-order valence-electron chi connectivity index (χ2n) is 10.6. The number of carbonyl (C=O) groups is 2. The molecule has 0 radical (unpaired) electrons. The van der Waals surface area contributed by atoms with Gasteiger partial charge < -0.3 is 15.1 Å². The van der Waals surface area contributed by atoms with Crippen LogP contribution in [0.3, 0.4) is 0 Å². The first-order valence-electron chi connectivity index (χ1n) is 13.7. The molecule has 0 unspecified atom stereocenters. The Bertz CT molecular complexity index is 1340. The predicted molar refractivity (Wildman–Crippen MR) is 155 cm³/mol. The van der Waals surface area contributed by atoms with Gasteiger partial charge in [0.05, 0.1) is 17.8 Å². The van der Waals surface area contributed by atoms with Crippen LogP contribution in [-0.4, -0.2) is 42.4 Å². The van der Waals surface area contributed by atoms with Crippen molar-refractivity contribution in [1.82, 2.24) is 10.2 Å². The van der Waals surface area contributed by atoms with E-state index in [1.54, 1.807) is 11.8 Å². The molecule has 2 aliphatic rings. The van der Waals surface area contributed by atoms with Crippen molar-refractivity contribution >= 4 is 29.3 Å². The number of amides is 2. The van der Waals surface area contributed by atoms with Crippen LogP contribution < -0.4 is 10.2 Å². The van der Waals surface area contributed by atoms with Gasteiger partial charge in [-0.2, -0.15) is 0 Å². The lowest BCUT2D eigenvalue weighted by Crippen LogP contribution is -2.39. The minimum atomic E-state index is -0.0922. The lowest BCUT2D eigenvalue weighted by atomic mass is 10.0. The van der Waals surface area contributed by atoms with E-state index in [-0.39, 0.29) is 11.8 Å². The molecule has 0 saturated carbocycles. The molecule has 2 heterocycles. The van der Waals surface area contributed by atoms with E-state index in [2.05, 4.69) is 49.2 Å². The monoisotopic (exact) mass is 527 g/mol. The summed E-state index contributed by atoms with van der Waals surface area (Å²) in [5, 5.41) is 3.11. The Morgan fingerprint density at radius 1 is 1.03 bits per heavy atom. The summed E-state index contributed by atoms with van der Waals surface area (Å²) in [5.74, 6) is -0.133. The van der Waals surface area contributed by atoms with Crippen molar-refractivity contribution in [3.63, 3.8) is 0 Å². The number of aryl methyl sites for hydroxylation is 2. The molecular formula is C32H37N3O2S. The van der Waals surface area contributed by atoms with Gasteiger partial charge in [-0.1, -0.05) is 54.1 Å². The average Bonchev–Trinajstić information content (AvgIpc) is 3.03. The highest BCUT2D eigenvalue weighted by Gasteiger charge is 2.28. The van der Waals surface area contributed by atoms with E-state index >= 15 is 0 Å². The number of nitrogens with one attached hydrogen (secondary N) is 1. The summed E-state index contributed by atoms with van der Waals surface area (Å²) in [6, 6.07) is 20.5. The Hall–Kier alpha value is -3.09. The van der Waals surface area contributed by atoms with Crippen LogP contribution in [0.25, 0.3) is 0 Å². The average molecular weight is 528 g/mol. The molecule has 5 nitrogen and oxygen atoms in total. The van der Waals surface area contributed by atoms with Crippen molar-refractivity contribution in [2.75, 3.05) is 24.5 Å². The molecule has 1 atom stereocenters. The normalized spacial score (nSPS) is 17.5. The Morgan fingerprint density at radius 2 is 1.87 bits per heavy atom. The highest BCUT2D eigenvalue weighted by atomic mass is 32.2. The van der Waals surface area contributed by atoms with Gasteiger partial charge in [-0.3, -0.25) is 9.59 Å². The van der Waals surface area contributed by atoms with Crippen molar-refractivity contribution in [2.45, 2.75) is 68.8 Å². The Kier molecular flexibility index (Phi) is 8.20. The van der Waals surface area contributed by atoms with Crippen molar-refractivity contribution in [3.8, 4) is 0 Å². The topological polar surface area (TPSA) is 52.7 Å². The molecular weight excluding hydrogens is 490 g/mol. The van der Waals surface area contributed by atoms with E-state index in [9.17, 15) is 9.59 Å². The number of piperidine rings is 1. The van der Waals surface area contributed by atoms with Crippen molar-refractivity contribution in [1.29, 1.82) is 0 Å². The molecule has 2 amide bonds. The lowest BCUT2D eigenvalue weighted by molar-refractivity contribution is 0.0945. The molecule has 1 N–H and O–H groups in total. The highest BCUT2D eigenvalue weighted by molar-refractivity contribution is 7.99. The van der Waals surface area contributed by atoms with Gasteiger partial charge in [-0.25, -0.2) is 0 Å². The largest absolute Gasteiger partial charge is 0.352 e. The van der Waals surface area contributed by atoms with Crippen molar-refractivity contribution < 1.29 is 9.59 Å². The number of likely N-dealkylation sites (tertiary alicyclic amines) is 1. The van der Waals surface area contributed by atoms with Crippen molar-refractivity contribution in [3.05, 3.63) is 88.5 Å². The fraction of sp³-hybridized carbons (Fsp3) is 0.375. The summed E-state index contributed by atoms with van der Waals surface area (Å²) in [4.78, 5) is 33.3. The third-order valence-corrected chi connectivity index (χ3v) is 8.92. The summed E-state index contributed by atoms with van der Waals surface area (Å²) in [7, 11) is 0. The van der Waals surface area contributed by atoms with Crippen LogP contribution in [0.5, 0.6) is 0 Å². The molecule has 5 rings (SSSR count). The van der Waals surface area contributed by atoms with E-state index in [0.29, 0.717) is 30.3 Å².